The number of hydrazone groups is 1. The molecule has 0 bridgehead atoms. The summed E-state index contributed by atoms with van der Waals surface area (Å²) >= 11 is 0. The van der Waals surface area contributed by atoms with Gasteiger partial charge in [-0.15, -0.1) is 0 Å². The molecule has 2 aromatic rings. The second kappa shape index (κ2) is 9.35. The normalized spacial score (nSPS) is 10.7. The zero-order valence-electron chi connectivity index (χ0n) is 13.9. The molecule has 0 aliphatic carbocycles. The average molecular weight is 325 g/mol. The minimum Gasteiger partial charge on any atom is -0.494 e. The van der Waals surface area contributed by atoms with Gasteiger partial charge in [-0.05, 0) is 60.5 Å². The lowest BCUT2D eigenvalue weighted by Crippen LogP contribution is -2.17. The van der Waals surface area contributed by atoms with Crippen molar-refractivity contribution in [2.24, 2.45) is 5.10 Å². The molecule has 3 N–H and O–H groups in total. The molecule has 2 rings (SSSR count). The van der Waals surface area contributed by atoms with Crippen LogP contribution in [0.3, 0.4) is 0 Å². The second-order valence-electron chi connectivity index (χ2n) is 5.45. The van der Waals surface area contributed by atoms with Crippen molar-refractivity contribution in [3.63, 3.8) is 0 Å². The van der Waals surface area contributed by atoms with Gasteiger partial charge >= 0.3 is 0 Å². The maximum absolute atomic E-state index is 11.9. The SMILES string of the molecule is CCCCCOc1ccc(/C=N\NC(=O)c2ccc(N)cc2)cc1. The van der Waals surface area contributed by atoms with Crippen LogP contribution in [0.1, 0.15) is 42.1 Å². The van der Waals surface area contributed by atoms with E-state index in [4.69, 9.17) is 10.5 Å². The largest absolute Gasteiger partial charge is 0.494 e. The van der Waals surface area contributed by atoms with Crippen molar-refractivity contribution in [1.29, 1.82) is 0 Å². The molecule has 0 heterocycles. The Morgan fingerprint density at radius 1 is 1.12 bits per heavy atom. The maximum Gasteiger partial charge on any atom is 0.271 e. The number of ether oxygens (including phenoxy) is 1. The minimum atomic E-state index is -0.276. The standard InChI is InChI=1S/C19H23N3O2/c1-2-3-4-13-24-18-11-5-15(6-12-18)14-21-22-19(23)16-7-9-17(20)10-8-16/h5-12,14H,2-4,13,20H2,1H3,(H,22,23)/b21-14-. The monoisotopic (exact) mass is 325 g/mol. The van der Waals surface area contributed by atoms with Gasteiger partial charge in [0.05, 0.1) is 12.8 Å². The number of nitrogens with two attached hydrogens (primary N) is 1. The van der Waals surface area contributed by atoms with Crippen LogP contribution in [0.2, 0.25) is 0 Å². The number of nitrogen functional groups attached to an aromatic ring is 1. The number of nitrogens with one attached hydrogen (secondary N) is 1. The van der Waals surface area contributed by atoms with E-state index in [9.17, 15) is 4.79 Å². The zero-order valence-corrected chi connectivity index (χ0v) is 13.9. The Morgan fingerprint density at radius 3 is 2.50 bits per heavy atom. The molecular formula is C19H23N3O2. The summed E-state index contributed by atoms with van der Waals surface area (Å²) in [5.74, 6) is 0.566. The molecule has 24 heavy (non-hydrogen) atoms. The second-order valence-corrected chi connectivity index (χ2v) is 5.45. The quantitative estimate of drug-likeness (QED) is 0.337. The molecule has 0 unspecified atom stereocenters. The molecular weight excluding hydrogens is 302 g/mol. The highest BCUT2D eigenvalue weighted by atomic mass is 16.5. The molecule has 5 heteroatoms. The van der Waals surface area contributed by atoms with Crippen molar-refractivity contribution in [3.05, 3.63) is 59.7 Å². The van der Waals surface area contributed by atoms with Crippen molar-refractivity contribution in [2.75, 3.05) is 12.3 Å². The summed E-state index contributed by atoms with van der Waals surface area (Å²) in [6.07, 6.45) is 5.02. The Kier molecular flexibility index (Phi) is 6.83. The Morgan fingerprint density at radius 2 is 1.83 bits per heavy atom. The van der Waals surface area contributed by atoms with Gasteiger partial charge in [0, 0.05) is 11.3 Å². The lowest BCUT2D eigenvalue weighted by molar-refractivity contribution is 0.0955. The number of nitrogens with zero attached hydrogens (tertiary/aromatic N) is 1. The first-order valence-electron chi connectivity index (χ1n) is 8.11. The predicted molar refractivity (Wildman–Crippen MR) is 97.4 cm³/mol. The molecule has 0 saturated heterocycles. The fraction of sp³-hybridized carbons (Fsp3) is 0.263. The van der Waals surface area contributed by atoms with Crippen LogP contribution in [-0.4, -0.2) is 18.7 Å². The number of carbonyl (C=O) groups is 1. The number of rotatable bonds is 8. The van der Waals surface area contributed by atoms with E-state index in [1.54, 1.807) is 30.5 Å². The first-order valence-corrected chi connectivity index (χ1v) is 8.11. The van der Waals surface area contributed by atoms with E-state index in [1.807, 2.05) is 24.3 Å². The Bertz CT molecular complexity index is 664. The molecule has 126 valence electrons. The Labute approximate surface area is 142 Å². The molecule has 0 saturated carbocycles. The third kappa shape index (κ3) is 5.76. The Balaban J connectivity index is 1.81. The third-order valence-electron chi connectivity index (χ3n) is 3.45. The van der Waals surface area contributed by atoms with Gasteiger partial charge in [-0.25, -0.2) is 5.43 Å². The van der Waals surface area contributed by atoms with Gasteiger partial charge in [-0.2, -0.15) is 5.10 Å². The van der Waals surface area contributed by atoms with Gasteiger partial charge in [-0.3, -0.25) is 4.79 Å². The van der Waals surface area contributed by atoms with Crippen molar-refractivity contribution in [2.45, 2.75) is 26.2 Å². The highest BCUT2D eigenvalue weighted by molar-refractivity contribution is 5.95. The molecule has 1 amide bonds. The molecule has 0 fully saturated rings. The molecule has 0 spiro atoms. The molecule has 0 aliphatic rings. The van der Waals surface area contributed by atoms with Crippen molar-refractivity contribution in [1.82, 2.24) is 5.43 Å². The highest BCUT2D eigenvalue weighted by Gasteiger charge is 2.02. The molecule has 0 aliphatic heterocycles. The van der Waals surface area contributed by atoms with Crippen LogP contribution in [0.25, 0.3) is 0 Å². The fourth-order valence-electron chi connectivity index (χ4n) is 2.06. The van der Waals surface area contributed by atoms with E-state index in [0.29, 0.717) is 11.3 Å². The third-order valence-corrected chi connectivity index (χ3v) is 3.45. The fourth-order valence-corrected chi connectivity index (χ4v) is 2.06. The van der Waals surface area contributed by atoms with Crippen molar-refractivity contribution in [3.8, 4) is 5.75 Å². The van der Waals surface area contributed by atoms with Gasteiger partial charge in [0.2, 0.25) is 0 Å². The van der Waals surface area contributed by atoms with Crippen LogP contribution < -0.4 is 15.9 Å². The number of hydrogen-bond acceptors (Lipinski definition) is 4. The summed E-state index contributed by atoms with van der Waals surface area (Å²) in [6.45, 7) is 2.90. The van der Waals surface area contributed by atoms with Crippen molar-refractivity contribution >= 4 is 17.8 Å². The zero-order chi connectivity index (χ0) is 17.2. The van der Waals surface area contributed by atoms with Crippen LogP contribution in [0, 0.1) is 0 Å². The summed E-state index contributed by atoms with van der Waals surface area (Å²) in [6, 6.07) is 14.3. The number of unbranched alkanes of at least 4 members (excludes halogenated alkanes) is 2. The maximum atomic E-state index is 11.9. The number of anilines is 1. The van der Waals surface area contributed by atoms with Gasteiger partial charge < -0.3 is 10.5 Å². The van der Waals surface area contributed by atoms with E-state index in [0.717, 1.165) is 24.3 Å². The van der Waals surface area contributed by atoms with Crippen LogP contribution in [0.4, 0.5) is 5.69 Å². The van der Waals surface area contributed by atoms with Gasteiger partial charge in [0.25, 0.3) is 5.91 Å². The topological polar surface area (TPSA) is 76.7 Å². The smallest absolute Gasteiger partial charge is 0.271 e. The number of carbonyl (C=O) groups excluding carboxylic acids is 1. The molecule has 2 aromatic carbocycles. The molecule has 0 aromatic heterocycles. The van der Waals surface area contributed by atoms with E-state index in [-0.39, 0.29) is 5.91 Å². The number of hydrogen-bond donors (Lipinski definition) is 2. The van der Waals surface area contributed by atoms with Gasteiger partial charge in [-0.1, -0.05) is 19.8 Å². The van der Waals surface area contributed by atoms with E-state index < -0.39 is 0 Å². The predicted octanol–water partition coefficient (Wildman–Crippen LogP) is 3.60. The summed E-state index contributed by atoms with van der Waals surface area (Å²) < 4.78 is 5.65. The van der Waals surface area contributed by atoms with Crippen LogP contribution in [0.15, 0.2) is 53.6 Å². The van der Waals surface area contributed by atoms with E-state index in [2.05, 4.69) is 17.5 Å². The van der Waals surface area contributed by atoms with E-state index in [1.165, 1.54) is 12.8 Å². The van der Waals surface area contributed by atoms with Gasteiger partial charge in [0.1, 0.15) is 5.75 Å². The van der Waals surface area contributed by atoms with Crippen LogP contribution in [-0.2, 0) is 0 Å². The van der Waals surface area contributed by atoms with Crippen molar-refractivity contribution < 1.29 is 9.53 Å². The summed E-state index contributed by atoms with van der Waals surface area (Å²) in [5.41, 5.74) is 10.1. The molecule has 0 radical (unpaired) electrons. The lowest BCUT2D eigenvalue weighted by Gasteiger charge is -2.05. The first-order chi connectivity index (χ1) is 11.7. The van der Waals surface area contributed by atoms with Crippen LogP contribution in [0.5, 0.6) is 5.75 Å². The minimum absolute atomic E-state index is 0.276. The summed E-state index contributed by atoms with van der Waals surface area (Å²) in [4.78, 5) is 11.9. The Hall–Kier alpha value is -2.82. The lowest BCUT2D eigenvalue weighted by atomic mass is 10.2. The summed E-state index contributed by atoms with van der Waals surface area (Å²) in [5, 5.41) is 3.96. The number of benzene rings is 2. The highest BCUT2D eigenvalue weighted by Crippen LogP contribution is 2.12. The molecule has 5 nitrogen and oxygen atoms in total. The molecule has 0 atom stereocenters. The average Bonchev–Trinajstić information content (AvgIpc) is 2.60. The van der Waals surface area contributed by atoms with E-state index >= 15 is 0 Å². The summed E-state index contributed by atoms with van der Waals surface area (Å²) in [7, 11) is 0. The first kappa shape index (κ1) is 17.5. The van der Waals surface area contributed by atoms with Gasteiger partial charge in [0.15, 0.2) is 0 Å². The van der Waals surface area contributed by atoms with Crippen LogP contribution >= 0.6 is 0 Å². The number of amides is 1.